The van der Waals surface area contributed by atoms with E-state index in [1.165, 1.54) is 11.6 Å². The molecule has 0 bridgehead atoms. The lowest BCUT2D eigenvalue weighted by Gasteiger charge is -2.13. The molecule has 0 saturated heterocycles. The van der Waals surface area contributed by atoms with Gasteiger partial charge in [0.25, 0.3) is 0 Å². The summed E-state index contributed by atoms with van der Waals surface area (Å²) >= 11 is 0. The molecule has 2 aromatic carbocycles. The Bertz CT molecular complexity index is 542. The van der Waals surface area contributed by atoms with E-state index in [-0.39, 0.29) is 11.9 Å². The third kappa shape index (κ3) is 3.81. The summed E-state index contributed by atoms with van der Waals surface area (Å²) in [4.78, 5) is 0. The second kappa shape index (κ2) is 7.06. The van der Waals surface area contributed by atoms with E-state index in [4.69, 9.17) is 4.74 Å². The van der Waals surface area contributed by atoms with Crippen molar-refractivity contribution in [2.75, 3.05) is 13.7 Å². The first-order valence-corrected chi connectivity index (χ1v) is 6.84. The van der Waals surface area contributed by atoms with Gasteiger partial charge in [0.1, 0.15) is 11.6 Å². The summed E-state index contributed by atoms with van der Waals surface area (Å²) in [5.74, 6) is 0.342. The third-order valence-electron chi connectivity index (χ3n) is 3.37. The summed E-state index contributed by atoms with van der Waals surface area (Å²) in [7, 11) is 1.81. The van der Waals surface area contributed by atoms with Crippen LogP contribution in [0.15, 0.2) is 48.5 Å². The number of hydrogen-bond acceptors (Lipinski definition) is 2. The van der Waals surface area contributed by atoms with Crippen molar-refractivity contribution in [3.63, 3.8) is 0 Å². The highest BCUT2D eigenvalue weighted by atomic mass is 19.1. The average Bonchev–Trinajstić information content (AvgIpc) is 2.48. The summed E-state index contributed by atoms with van der Waals surface area (Å²) in [5.41, 5.74) is 1.87. The molecule has 0 amide bonds. The molecule has 1 unspecified atom stereocenters. The molecule has 2 aromatic rings. The number of ether oxygens (including phenoxy) is 1. The molecule has 0 spiro atoms. The summed E-state index contributed by atoms with van der Waals surface area (Å²) < 4.78 is 19.5. The molecule has 2 rings (SSSR count). The van der Waals surface area contributed by atoms with E-state index < -0.39 is 0 Å². The van der Waals surface area contributed by atoms with Crippen LogP contribution in [-0.2, 0) is 6.42 Å². The second-order valence-corrected chi connectivity index (χ2v) is 4.78. The summed E-state index contributed by atoms with van der Waals surface area (Å²) in [6.07, 6.45) is 0.817. The van der Waals surface area contributed by atoms with Crippen molar-refractivity contribution in [3.05, 3.63) is 65.5 Å². The molecule has 20 heavy (non-hydrogen) atoms. The average molecular weight is 273 g/mol. The van der Waals surface area contributed by atoms with Gasteiger partial charge < -0.3 is 10.1 Å². The van der Waals surface area contributed by atoms with E-state index in [0.29, 0.717) is 17.9 Å². The predicted octanol–water partition coefficient (Wildman–Crippen LogP) is 3.73. The predicted molar refractivity (Wildman–Crippen MR) is 79.5 cm³/mol. The van der Waals surface area contributed by atoms with Crippen molar-refractivity contribution in [2.45, 2.75) is 19.4 Å². The molecule has 0 aromatic heterocycles. The van der Waals surface area contributed by atoms with E-state index in [9.17, 15) is 4.39 Å². The zero-order valence-corrected chi connectivity index (χ0v) is 11.9. The Hall–Kier alpha value is -1.87. The normalized spacial score (nSPS) is 12.2. The van der Waals surface area contributed by atoms with Gasteiger partial charge >= 0.3 is 0 Å². The van der Waals surface area contributed by atoms with Crippen molar-refractivity contribution in [1.82, 2.24) is 5.32 Å². The minimum Gasteiger partial charge on any atom is -0.493 e. The van der Waals surface area contributed by atoms with Crippen LogP contribution in [0.2, 0.25) is 0 Å². The van der Waals surface area contributed by atoms with Crippen LogP contribution in [0, 0.1) is 5.82 Å². The Kier molecular flexibility index (Phi) is 5.13. The lowest BCUT2D eigenvalue weighted by molar-refractivity contribution is 0.320. The maximum absolute atomic E-state index is 13.9. The molecule has 0 fully saturated rings. The highest BCUT2D eigenvalue weighted by Gasteiger charge is 2.09. The Morgan fingerprint density at radius 2 is 1.90 bits per heavy atom. The maximum atomic E-state index is 13.9. The lowest BCUT2D eigenvalue weighted by atomic mass is 10.1. The van der Waals surface area contributed by atoms with Gasteiger partial charge in [-0.25, -0.2) is 4.39 Å². The van der Waals surface area contributed by atoms with Gasteiger partial charge in [-0.15, -0.1) is 0 Å². The topological polar surface area (TPSA) is 21.3 Å². The van der Waals surface area contributed by atoms with Crippen molar-refractivity contribution >= 4 is 0 Å². The molecule has 0 aliphatic rings. The van der Waals surface area contributed by atoms with Gasteiger partial charge in [-0.1, -0.05) is 36.4 Å². The van der Waals surface area contributed by atoms with Crippen LogP contribution in [0.1, 0.15) is 24.1 Å². The molecule has 1 atom stereocenters. The van der Waals surface area contributed by atoms with Crippen LogP contribution in [0.3, 0.4) is 0 Å². The van der Waals surface area contributed by atoms with Gasteiger partial charge in [-0.2, -0.15) is 0 Å². The fraction of sp³-hybridized carbons (Fsp3) is 0.294. The minimum atomic E-state index is -0.232. The Balaban J connectivity index is 1.92. The van der Waals surface area contributed by atoms with Crippen molar-refractivity contribution < 1.29 is 9.13 Å². The SMILES string of the molecule is CNC(C)c1ccc(OCCc2ccccc2)cc1F. The Morgan fingerprint density at radius 1 is 1.15 bits per heavy atom. The standard InChI is InChI=1S/C17H20FNO/c1-13(19-2)16-9-8-15(12-17(16)18)20-11-10-14-6-4-3-5-7-14/h3-9,12-13,19H,10-11H2,1-2H3. The van der Waals surface area contributed by atoms with Gasteiger partial charge in [0.2, 0.25) is 0 Å². The first kappa shape index (κ1) is 14.5. The number of halogens is 1. The Labute approximate surface area is 119 Å². The van der Waals surface area contributed by atoms with Crippen LogP contribution < -0.4 is 10.1 Å². The van der Waals surface area contributed by atoms with E-state index >= 15 is 0 Å². The molecule has 2 nitrogen and oxygen atoms in total. The lowest BCUT2D eigenvalue weighted by Crippen LogP contribution is -2.14. The van der Waals surface area contributed by atoms with E-state index in [2.05, 4.69) is 17.4 Å². The summed E-state index contributed by atoms with van der Waals surface area (Å²) in [5, 5.41) is 3.03. The molecule has 0 aliphatic carbocycles. The molecular weight excluding hydrogens is 253 g/mol. The Morgan fingerprint density at radius 3 is 2.55 bits per heavy atom. The number of rotatable bonds is 6. The monoisotopic (exact) mass is 273 g/mol. The zero-order chi connectivity index (χ0) is 14.4. The van der Waals surface area contributed by atoms with E-state index in [1.54, 1.807) is 6.07 Å². The smallest absolute Gasteiger partial charge is 0.131 e. The highest BCUT2D eigenvalue weighted by molar-refractivity contribution is 5.30. The highest BCUT2D eigenvalue weighted by Crippen LogP contribution is 2.21. The van der Waals surface area contributed by atoms with Crippen LogP contribution >= 0.6 is 0 Å². The molecule has 106 valence electrons. The zero-order valence-electron chi connectivity index (χ0n) is 11.9. The van der Waals surface area contributed by atoms with Crippen LogP contribution in [0.5, 0.6) is 5.75 Å². The van der Waals surface area contributed by atoms with E-state index in [0.717, 1.165) is 6.42 Å². The third-order valence-corrected chi connectivity index (χ3v) is 3.37. The van der Waals surface area contributed by atoms with Crippen LogP contribution in [0.4, 0.5) is 4.39 Å². The first-order valence-electron chi connectivity index (χ1n) is 6.84. The van der Waals surface area contributed by atoms with Crippen molar-refractivity contribution in [2.24, 2.45) is 0 Å². The fourth-order valence-electron chi connectivity index (χ4n) is 2.04. The summed E-state index contributed by atoms with van der Waals surface area (Å²) in [6, 6.07) is 15.1. The second-order valence-electron chi connectivity index (χ2n) is 4.78. The number of benzene rings is 2. The van der Waals surface area contributed by atoms with Crippen molar-refractivity contribution in [3.8, 4) is 5.75 Å². The molecule has 3 heteroatoms. The molecule has 1 N–H and O–H groups in total. The molecule has 0 aliphatic heterocycles. The molecule has 0 radical (unpaired) electrons. The van der Waals surface area contributed by atoms with Gasteiger partial charge in [0, 0.05) is 24.1 Å². The largest absolute Gasteiger partial charge is 0.493 e. The fourth-order valence-corrected chi connectivity index (χ4v) is 2.04. The van der Waals surface area contributed by atoms with Gasteiger partial charge in [-0.3, -0.25) is 0 Å². The first-order chi connectivity index (χ1) is 9.70. The number of hydrogen-bond donors (Lipinski definition) is 1. The quantitative estimate of drug-likeness (QED) is 0.866. The van der Waals surface area contributed by atoms with Crippen molar-refractivity contribution in [1.29, 1.82) is 0 Å². The molecular formula is C17H20FNO. The van der Waals surface area contributed by atoms with Gasteiger partial charge in [-0.05, 0) is 25.6 Å². The molecule has 0 saturated carbocycles. The van der Waals surface area contributed by atoms with E-state index in [1.807, 2.05) is 38.2 Å². The van der Waals surface area contributed by atoms with Crippen LogP contribution in [0.25, 0.3) is 0 Å². The number of nitrogens with one attached hydrogen (secondary N) is 1. The van der Waals surface area contributed by atoms with Gasteiger partial charge in [0.05, 0.1) is 6.61 Å². The summed E-state index contributed by atoms with van der Waals surface area (Å²) in [6.45, 7) is 2.47. The molecule has 0 heterocycles. The minimum absolute atomic E-state index is 0.00614. The van der Waals surface area contributed by atoms with Crippen LogP contribution in [-0.4, -0.2) is 13.7 Å². The maximum Gasteiger partial charge on any atom is 0.131 e. The van der Waals surface area contributed by atoms with Gasteiger partial charge in [0.15, 0.2) is 0 Å².